The molecule has 0 bridgehead atoms. The molecule has 1 saturated heterocycles. The van der Waals surface area contributed by atoms with Crippen LogP contribution in [-0.4, -0.2) is 36.5 Å². The zero-order chi connectivity index (χ0) is 12.3. The molecule has 1 heterocycles. The Morgan fingerprint density at radius 2 is 2.11 bits per heavy atom. The Labute approximate surface area is 114 Å². The second-order valence-electron chi connectivity index (χ2n) is 4.58. The van der Waals surface area contributed by atoms with Gasteiger partial charge in [-0.15, -0.1) is 12.4 Å². The molecule has 18 heavy (non-hydrogen) atoms. The molecule has 1 atom stereocenters. The Balaban J connectivity index is 0.00000162. The lowest BCUT2D eigenvalue weighted by Crippen LogP contribution is -2.49. The first-order chi connectivity index (χ1) is 8.16. The van der Waals surface area contributed by atoms with Gasteiger partial charge in [0.2, 0.25) is 5.91 Å². The number of nitrogens with zero attached hydrogens (tertiary/aromatic N) is 1. The van der Waals surface area contributed by atoms with Gasteiger partial charge in [-0.3, -0.25) is 9.69 Å². The first kappa shape index (κ1) is 15.0. The minimum Gasteiger partial charge on any atom is -0.366 e. The van der Waals surface area contributed by atoms with Crippen molar-refractivity contribution in [3.8, 4) is 0 Å². The third kappa shape index (κ3) is 3.70. The Kier molecular flexibility index (Phi) is 5.59. The molecule has 5 heteroatoms. The lowest BCUT2D eigenvalue weighted by atomic mass is 10.1. The van der Waals surface area contributed by atoms with E-state index in [4.69, 9.17) is 5.73 Å². The van der Waals surface area contributed by atoms with Crippen LogP contribution in [0, 0.1) is 0 Å². The summed E-state index contributed by atoms with van der Waals surface area (Å²) in [7, 11) is 0. The van der Waals surface area contributed by atoms with Gasteiger partial charge in [0.1, 0.15) is 0 Å². The van der Waals surface area contributed by atoms with Crippen molar-refractivity contribution in [3.63, 3.8) is 0 Å². The molecule has 1 aromatic rings. The summed E-state index contributed by atoms with van der Waals surface area (Å²) < 4.78 is 0. The molecule has 0 unspecified atom stereocenters. The fourth-order valence-corrected chi connectivity index (χ4v) is 2.13. The zero-order valence-corrected chi connectivity index (χ0v) is 11.4. The molecular weight excluding hydrogens is 250 g/mol. The van der Waals surface area contributed by atoms with Gasteiger partial charge in [-0.05, 0) is 24.6 Å². The number of amides is 1. The molecular formula is C13H20ClN3O. The van der Waals surface area contributed by atoms with Crippen molar-refractivity contribution in [2.45, 2.75) is 19.5 Å². The van der Waals surface area contributed by atoms with Crippen LogP contribution in [0.5, 0.6) is 0 Å². The quantitative estimate of drug-likeness (QED) is 0.861. The number of rotatable bonds is 3. The van der Waals surface area contributed by atoms with Crippen LogP contribution in [0.1, 0.15) is 22.8 Å². The van der Waals surface area contributed by atoms with Crippen molar-refractivity contribution in [3.05, 3.63) is 35.4 Å². The topological polar surface area (TPSA) is 58.4 Å². The third-order valence-corrected chi connectivity index (χ3v) is 3.26. The Morgan fingerprint density at radius 1 is 1.44 bits per heavy atom. The number of nitrogens with one attached hydrogen (secondary N) is 1. The molecule has 100 valence electrons. The van der Waals surface area contributed by atoms with Crippen LogP contribution in [0.25, 0.3) is 0 Å². The number of halogens is 1. The average Bonchev–Trinajstić information content (AvgIpc) is 2.33. The van der Waals surface area contributed by atoms with E-state index in [1.807, 2.05) is 12.1 Å². The van der Waals surface area contributed by atoms with Gasteiger partial charge < -0.3 is 11.1 Å². The lowest BCUT2D eigenvalue weighted by Gasteiger charge is -2.33. The van der Waals surface area contributed by atoms with E-state index < -0.39 is 0 Å². The zero-order valence-electron chi connectivity index (χ0n) is 10.6. The van der Waals surface area contributed by atoms with Gasteiger partial charge in [-0.1, -0.05) is 12.1 Å². The predicted octanol–water partition coefficient (Wildman–Crippen LogP) is 1.00. The molecule has 0 aliphatic carbocycles. The molecule has 0 radical (unpaired) electrons. The van der Waals surface area contributed by atoms with Crippen LogP contribution >= 0.6 is 12.4 Å². The fourth-order valence-electron chi connectivity index (χ4n) is 2.13. The highest BCUT2D eigenvalue weighted by molar-refractivity contribution is 5.92. The maximum absolute atomic E-state index is 11.0. The largest absolute Gasteiger partial charge is 0.366 e. The summed E-state index contributed by atoms with van der Waals surface area (Å²) in [6, 6.07) is 8.11. The maximum atomic E-state index is 11.0. The van der Waals surface area contributed by atoms with E-state index >= 15 is 0 Å². The third-order valence-electron chi connectivity index (χ3n) is 3.26. The van der Waals surface area contributed by atoms with E-state index in [1.165, 1.54) is 5.56 Å². The highest BCUT2D eigenvalue weighted by atomic mass is 35.5. The van der Waals surface area contributed by atoms with Crippen LogP contribution < -0.4 is 11.1 Å². The fraction of sp³-hybridized carbons (Fsp3) is 0.462. The minimum atomic E-state index is -0.368. The van der Waals surface area contributed by atoms with Crippen LogP contribution in [0.3, 0.4) is 0 Å². The van der Waals surface area contributed by atoms with E-state index in [1.54, 1.807) is 12.1 Å². The highest BCUT2D eigenvalue weighted by Gasteiger charge is 2.17. The minimum absolute atomic E-state index is 0. The van der Waals surface area contributed by atoms with Gasteiger partial charge >= 0.3 is 0 Å². The summed E-state index contributed by atoms with van der Waals surface area (Å²) in [6.07, 6.45) is 0. The first-order valence-electron chi connectivity index (χ1n) is 6.00. The highest BCUT2D eigenvalue weighted by Crippen LogP contribution is 2.11. The summed E-state index contributed by atoms with van der Waals surface area (Å²) in [5.74, 6) is -0.368. The summed E-state index contributed by atoms with van der Waals surface area (Å²) >= 11 is 0. The molecule has 1 aliphatic rings. The molecule has 2 rings (SSSR count). The van der Waals surface area contributed by atoms with Crippen LogP contribution in [0.2, 0.25) is 0 Å². The van der Waals surface area contributed by atoms with Crippen LogP contribution in [-0.2, 0) is 6.54 Å². The Bertz CT molecular complexity index is 394. The van der Waals surface area contributed by atoms with E-state index in [0.717, 1.165) is 26.2 Å². The SMILES string of the molecule is C[C@H]1CNCCN1Cc1ccc(C(N)=O)cc1.Cl. The molecule has 1 aromatic carbocycles. The molecule has 0 saturated carbocycles. The number of carbonyl (C=O) groups is 1. The van der Waals surface area contributed by atoms with Crippen molar-refractivity contribution in [2.24, 2.45) is 5.73 Å². The van der Waals surface area contributed by atoms with Gasteiger partial charge in [0.25, 0.3) is 0 Å². The van der Waals surface area contributed by atoms with E-state index in [-0.39, 0.29) is 18.3 Å². The van der Waals surface area contributed by atoms with Crippen LogP contribution in [0.15, 0.2) is 24.3 Å². The summed E-state index contributed by atoms with van der Waals surface area (Å²) in [5, 5.41) is 3.37. The van der Waals surface area contributed by atoms with Crippen LogP contribution in [0.4, 0.5) is 0 Å². The molecule has 0 spiro atoms. The summed E-state index contributed by atoms with van der Waals surface area (Å²) in [4.78, 5) is 13.4. The number of benzene rings is 1. The lowest BCUT2D eigenvalue weighted by molar-refractivity contribution is 0.1000. The Hall–Kier alpha value is -1.10. The maximum Gasteiger partial charge on any atom is 0.248 e. The summed E-state index contributed by atoms with van der Waals surface area (Å²) in [6.45, 7) is 6.31. The standard InChI is InChI=1S/C13H19N3O.ClH/c1-10-8-15-6-7-16(10)9-11-2-4-12(5-3-11)13(14)17;/h2-5,10,15H,6-9H2,1H3,(H2,14,17);1H/t10-;/m0./s1. The van der Waals surface area contributed by atoms with E-state index in [9.17, 15) is 4.79 Å². The second-order valence-corrected chi connectivity index (χ2v) is 4.58. The number of hydrogen-bond donors (Lipinski definition) is 2. The van der Waals surface area contributed by atoms with Crippen molar-refractivity contribution in [2.75, 3.05) is 19.6 Å². The van der Waals surface area contributed by atoms with Crippen molar-refractivity contribution >= 4 is 18.3 Å². The van der Waals surface area contributed by atoms with Gasteiger partial charge in [0.15, 0.2) is 0 Å². The van der Waals surface area contributed by atoms with Gasteiger partial charge in [-0.2, -0.15) is 0 Å². The number of nitrogens with two attached hydrogens (primary N) is 1. The van der Waals surface area contributed by atoms with Crippen molar-refractivity contribution in [1.29, 1.82) is 0 Å². The Morgan fingerprint density at radius 3 is 2.67 bits per heavy atom. The van der Waals surface area contributed by atoms with Gasteiger partial charge in [0, 0.05) is 37.8 Å². The van der Waals surface area contributed by atoms with Gasteiger partial charge in [-0.25, -0.2) is 0 Å². The molecule has 3 N–H and O–H groups in total. The average molecular weight is 270 g/mol. The molecule has 1 fully saturated rings. The van der Waals surface area contributed by atoms with Crippen molar-refractivity contribution < 1.29 is 4.79 Å². The monoisotopic (exact) mass is 269 g/mol. The number of carbonyl (C=O) groups excluding carboxylic acids is 1. The molecule has 1 aliphatic heterocycles. The molecule has 0 aromatic heterocycles. The van der Waals surface area contributed by atoms with E-state index in [2.05, 4.69) is 17.1 Å². The van der Waals surface area contributed by atoms with Gasteiger partial charge in [0.05, 0.1) is 0 Å². The number of primary amides is 1. The van der Waals surface area contributed by atoms with E-state index in [0.29, 0.717) is 11.6 Å². The number of hydrogen-bond acceptors (Lipinski definition) is 3. The molecule has 1 amide bonds. The number of piperazine rings is 1. The smallest absolute Gasteiger partial charge is 0.248 e. The predicted molar refractivity (Wildman–Crippen MR) is 74.9 cm³/mol. The molecule has 4 nitrogen and oxygen atoms in total. The summed E-state index contributed by atoms with van der Waals surface area (Å²) in [5.41, 5.74) is 7.01. The second kappa shape index (κ2) is 6.73. The van der Waals surface area contributed by atoms with Crippen molar-refractivity contribution in [1.82, 2.24) is 10.2 Å². The first-order valence-corrected chi connectivity index (χ1v) is 6.00. The normalized spacial score (nSPS) is 20.2.